The van der Waals surface area contributed by atoms with Gasteiger partial charge in [0, 0.05) is 37.4 Å². The molecule has 0 saturated heterocycles. The first-order chi connectivity index (χ1) is 13.6. The lowest BCUT2D eigenvalue weighted by molar-refractivity contribution is 0.615. The highest BCUT2D eigenvalue weighted by Gasteiger charge is 2.07. The van der Waals surface area contributed by atoms with Crippen molar-refractivity contribution in [2.75, 3.05) is 13.3 Å². The Kier molecular flexibility index (Phi) is 6.71. The van der Waals surface area contributed by atoms with Crippen molar-refractivity contribution >= 4 is 17.7 Å². The number of nitrogens with zero attached hydrogens (tertiary/aromatic N) is 3. The number of guanidine groups is 1. The highest BCUT2D eigenvalue weighted by Crippen LogP contribution is 2.21. The first-order valence-electron chi connectivity index (χ1n) is 8.95. The third-order valence-corrected chi connectivity index (χ3v) is 5.19. The molecule has 0 amide bonds. The minimum absolute atomic E-state index is 0.287. The summed E-state index contributed by atoms with van der Waals surface area (Å²) in [6.07, 6.45) is 7.00. The summed E-state index contributed by atoms with van der Waals surface area (Å²) in [5.41, 5.74) is 3.78. The van der Waals surface area contributed by atoms with Gasteiger partial charge in [-0.15, -0.1) is 11.8 Å². The van der Waals surface area contributed by atoms with Gasteiger partial charge in [0.25, 0.3) is 0 Å². The molecule has 146 valence electrons. The van der Waals surface area contributed by atoms with Crippen LogP contribution in [-0.2, 0) is 13.1 Å². The van der Waals surface area contributed by atoms with Crippen LogP contribution in [0.1, 0.15) is 16.7 Å². The van der Waals surface area contributed by atoms with E-state index in [2.05, 4.69) is 52.0 Å². The zero-order chi connectivity index (χ0) is 19.9. The number of imidazole rings is 1. The summed E-state index contributed by atoms with van der Waals surface area (Å²) in [4.78, 5) is 9.46. The zero-order valence-electron chi connectivity index (χ0n) is 16.2. The Morgan fingerprint density at radius 1 is 1.18 bits per heavy atom. The molecule has 0 spiro atoms. The van der Waals surface area contributed by atoms with Gasteiger partial charge >= 0.3 is 0 Å². The third kappa shape index (κ3) is 4.92. The second-order valence-corrected chi connectivity index (χ2v) is 7.20. The van der Waals surface area contributed by atoms with Gasteiger partial charge in [-0.05, 0) is 48.1 Å². The second kappa shape index (κ2) is 9.41. The van der Waals surface area contributed by atoms with E-state index >= 15 is 0 Å². The number of benzene rings is 2. The number of aromatic nitrogens is 2. The molecule has 3 rings (SSSR count). The van der Waals surface area contributed by atoms with E-state index in [0.717, 1.165) is 5.56 Å². The minimum atomic E-state index is -0.287. The number of nitrogens with one attached hydrogen (secondary N) is 2. The van der Waals surface area contributed by atoms with Gasteiger partial charge in [0.1, 0.15) is 5.82 Å². The summed E-state index contributed by atoms with van der Waals surface area (Å²) in [5.74, 6) is 0.385. The van der Waals surface area contributed by atoms with Crippen molar-refractivity contribution in [3.05, 3.63) is 77.6 Å². The van der Waals surface area contributed by atoms with Crippen molar-refractivity contribution in [1.82, 2.24) is 20.2 Å². The molecule has 3 aromatic rings. The van der Waals surface area contributed by atoms with Gasteiger partial charge in [-0.3, -0.25) is 4.99 Å². The van der Waals surface area contributed by atoms with Crippen molar-refractivity contribution in [1.29, 1.82) is 0 Å². The van der Waals surface area contributed by atoms with Crippen molar-refractivity contribution in [3.8, 4) is 5.69 Å². The highest BCUT2D eigenvalue weighted by atomic mass is 32.2. The average molecular weight is 398 g/mol. The second-order valence-electron chi connectivity index (χ2n) is 6.35. The number of aryl methyl sites for hydroxylation is 1. The summed E-state index contributed by atoms with van der Waals surface area (Å²) in [6, 6.07) is 11.6. The Hall–Kier alpha value is -2.80. The molecule has 28 heavy (non-hydrogen) atoms. The average Bonchev–Trinajstić information content (AvgIpc) is 3.23. The van der Waals surface area contributed by atoms with Crippen LogP contribution in [0, 0.1) is 12.7 Å². The number of rotatable bonds is 6. The van der Waals surface area contributed by atoms with Crippen LogP contribution in [-0.4, -0.2) is 28.8 Å². The number of hydrogen-bond acceptors (Lipinski definition) is 3. The van der Waals surface area contributed by atoms with Crippen molar-refractivity contribution in [2.45, 2.75) is 24.9 Å². The molecule has 0 fully saturated rings. The smallest absolute Gasteiger partial charge is 0.191 e. The van der Waals surface area contributed by atoms with Gasteiger partial charge in [0.15, 0.2) is 5.96 Å². The molecule has 0 unspecified atom stereocenters. The van der Waals surface area contributed by atoms with Crippen LogP contribution in [0.2, 0.25) is 0 Å². The van der Waals surface area contributed by atoms with Crippen molar-refractivity contribution < 1.29 is 4.39 Å². The summed E-state index contributed by atoms with van der Waals surface area (Å²) in [7, 11) is 1.72. The quantitative estimate of drug-likeness (QED) is 0.376. The van der Waals surface area contributed by atoms with E-state index < -0.39 is 0 Å². The van der Waals surface area contributed by atoms with Crippen molar-refractivity contribution in [3.63, 3.8) is 0 Å². The lowest BCUT2D eigenvalue weighted by Gasteiger charge is -2.14. The maximum Gasteiger partial charge on any atom is 0.191 e. The Bertz CT molecular complexity index is 953. The fourth-order valence-electron chi connectivity index (χ4n) is 2.85. The van der Waals surface area contributed by atoms with E-state index in [1.165, 1.54) is 22.1 Å². The SMILES string of the molecule is CN=C(NCc1ccc(-n2ccnc2)c(F)c1)NCc1ccc(C)cc1SC. The number of halogens is 1. The van der Waals surface area contributed by atoms with E-state index in [1.54, 1.807) is 48.2 Å². The number of hydrogen-bond donors (Lipinski definition) is 2. The molecule has 0 aliphatic heterocycles. The monoisotopic (exact) mass is 397 g/mol. The normalized spacial score (nSPS) is 11.5. The fourth-order valence-corrected chi connectivity index (χ4v) is 3.56. The van der Waals surface area contributed by atoms with Crippen LogP contribution in [0.15, 0.2) is 65.0 Å². The Balaban J connectivity index is 1.59. The Morgan fingerprint density at radius 2 is 2.00 bits per heavy atom. The minimum Gasteiger partial charge on any atom is -0.352 e. The topological polar surface area (TPSA) is 54.2 Å². The standard InChI is InChI=1S/C21H24FN5S/c1-15-4-6-17(20(10-15)28-3)13-26-21(23-2)25-12-16-5-7-19(18(22)11-16)27-9-8-24-14-27/h4-11,14H,12-13H2,1-3H3,(H2,23,25,26). The lowest BCUT2D eigenvalue weighted by Crippen LogP contribution is -2.36. The van der Waals surface area contributed by atoms with Crippen molar-refractivity contribution in [2.24, 2.45) is 4.99 Å². The van der Waals surface area contributed by atoms with Gasteiger partial charge in [-0.2, -0.15) is 0 Å². The van der Waals surface area contributed by atoms with E-state index in [9.17, 15) is 4.39 Å². The Labute approximate surface area is 169 Å². The number of thioether (sulfide) groups is 1. The number of aliphatic imine (C=N–C) groups is 1. The lowest BCUT2D eigenvalue weighted by atomic mass is 10.1. The molecule has 0 aliphatic carbocycles. The predicted octanol–water partition coefficient (Wildman–Crippen LogP) is 3.91. The van der Waals surface area contributed by atoms with Crippen LogP contribution in [0.5, 0.6) is 0 Å². The van der Waals surface area contributed by atoms with Crippen LogP contribution >= 0.6 is 11.8 Å². The Morgan fingerprint density at radius 3 is 2.68 bits per heavy atom. The third-order valence-electron chi connectivity index (χ3n) is 4.37. The largest absolute Gasteiger partial charge is 0.352 e. The first kappa shape index (κ1) is 19.9. The summed E-state index contributed by atoms with van der Waals surface area (Å²) < 4.78 is 16.0. The molecule has 2 aromatic carbocycles. The zero-order valence-corrected chi connectivity index (χ0v) is 17.1. The van der Waals surface area contributed by atoms with Crippen LogP contribution in [0.4, 0.5) is 4.39 Å². The van der Waals surface area contributed by atoms with E-state index in [1.807, 2.05) is 6.07 Å². The van der Waals surface area contributed by atoms with Gasteiger partial charge in [-0.1, -0.05) is 18.2 Å². The van der Waals surface area contributed by atoms with Crippen LogP contribution in [0.25, 0.3) is 5.69 Å². The van der Waals surface area contributed by atoms with Crippen LogP contribution < -0.4 is 10.6 Å². The molecule has 0 bridgehead atoms. The highest BCUT2D eigenvalue weighted by molar-refractivity contribution is 7.98. The van der Waals surface area contributed by atoms with Gasteiger partial charge in [-0.25, -0.2) is 9.37 Å². The molecule has 2 N–H and O–H groups in total. The van der Waals surface area contributed by atoms with Gasteiger partial charge < -0.3 is 15.2 Å². The van der Waals surface area contributed by atoms with E-state index in [-0.39, 0.29) is 5.82 Å². The van der Waals surface area contributed by atoms with Crippen LogP contribution in [0.3, 0.4) is 0 Å². The fraction of sp³-hybridized carbons (Fsp3) is 0.238. The van der Waals surface area contributed by atoms with Gasteiger partial charge in [0.05, 0.1) is 12.0 Å². The molecule has 0 atom stereocenters. The maximum absolute atomic E-state index is 14.4. The molecular weight excluding hydrogens is 373 g/mol. The van der Waals surface area contributed by atoms with E-state index in [4.69, 9.17) is 0 Å². The first-order valence-corrected chi connectivity index (χ1v) is 10.2. The summed E-state index contributed by atoms with van der Waals surface area (Å²) in [6.45, 7) is 3.24. The molecule has 1 aromatic heterocycles. The molecular formula is C21H24FN5S. The summed E-state index contributed by atoms with van der Waals surface area (Å²) >= 11 is 1.73. The molecule has 0 radical (unpaired) electrons. The summed E-state index contributed by atoms with van der Waals surface area (Å²) in [5, 5.41) is 6.55. The predicted molar refractivity (Wildman–Crippen MR) is 114 cm³/mol. The molecule has 5 nitrogen and oxygen atoms in total. The van der Waals surface area contributed by atoms with Gasteiger partial charge in [0.2, 0.25) is 0 Å². The molecule has 1 heterocycles. The van der Waals surface area contributed by atoms with E-state index in [0.29, 0.717) is 24.7 Å². The maximum atomic E-state index is 14.4. The molecule has 7 heteroatoms. The molecule has 0 saturated carbocycles. The molecule has 0 aliphatic rings.